The topological polar surface area (TPSA) is 58.2 Å². The lowest BCUT2D eigenvalue weighted by atomic mass is 10.0. The molecule has 2 amide bonds. The van der Waals surface area contributed by atoms with E-state index in [4.69, 9.17) is 11.6 Å². The van der Waals surface area contributed by atoms with Gasteiger partial charge in [0.2, 0.25) is 11.8 Å². The molecule has 1 unspecified atom stereocenters. The molecule has 0 fully saturated rings. The molecule has 4 nitrogen and oxygen atoms in total. The van der Waals surface area contributed by atoms with Crippen LogP contribution in [0.5, 0.6) is 0 Å². The molecule has 1 aromatic rings. The fourth-order valence-corrected chi connectivity index (χ4v) is 1.88. The number of nitrogens with one attached hydrogen (secondary N) is 2. The zero-order valence-corrected chi connectivity index (χ0v) is 12.1. The minimum Gasteiger partial charge on any atom is -0.354 e. The lowest BCUT2D eigenvalue weighted by Gasteiger charge is -2.19. The van der Waals surface area contributed by atoms with Crippen LogP contribution in [0, 0.1) is 0 Å². The van der Waals surface area contributed by atoms with E-state index < -0.39 is 0 Å². The molecular formula is C14H19ClN2O2. The van der Waals surface area contributed by atoms with Crippen molar-refractivity contribution >= 4 is 23.4 Å². The summed E-state index contributed by atoms with van der Waals surface area (Å²) < 4.78 is 0. The third kappa shape index (κ3) is 5.75. The molecule has 0 radical (unpaired) electrons. The molecule has 1 aromatic carbocycles. The number of hydrogen-bond acceptors (Lipinski definition) is 2. The number of amides is 2. The van der Waals surface area contributed by atoms with Crippen molar-refractivity contribution in [3.05, 3.63) is 34.9 Å². The molecule has 0 spiro atoms. The van der Waals surface area contributed by atoms with Crippen LogP contribution in [-0.4, -0.2) is 17.9 Å². The summed E-state index contributed by atoms with van der Waals surface area (Å²) in [5.41, 5.74) is 0.860. The molecule has 104 valence electrons. The van der Waals surface area contributed by atoms with E-state index >= 15 is 0 Å². The Balaban J connectivity index is 2.79. The van der Waals surface area contributed by atoms with Crippen molar-refractivity contribution in [2.45, 2.75) is 39.3 Å². The predicted octanol–water partition coefficient (Wildman–Crippen LogP) is 2.43. The van der Waals surface area contributed by atoms with Crippen LogP contribution < -0.4 is 10.6 Å². The van der Waals surface area contributed by atoms with Crippen molar-refractivity contribution in [2.24, 2.45) is 0 Å². The molecule has 5 heteroatoms. The quantitative estimate of drug-likeness (QED) is 0.871. The van der Waals surface area contributed by atoms with Crippen LogP contribution in [0.2, 0.25) is 5.02 Å². The molecule has 0 heterocycles. The van der Waals surface area contributed by atoms with E-state index in [9.17, 15) is 9.59 Å². The summed E-state index contributed by atoms with van der Waals surface area (Å²) in [6.45, 7) is 5.23. The van der Waals surface area contributed by atoms with Gasteiger partial charge in [0.15, 0.2) is 0 Å². The molecule has 0 aromatic heterocycles. The SMILES string of the molecule is CC(=O)NC(CC(=O)NC(C)C)c1ccc(Cl)cc1. The molecule has 0 saturated heterocycles. The van der Waals surface area contributed by atoms with Gasteiger partial charge in [0.1, 0.15) is 0 Å². The van der Waals surface area contributed by atoms with Crippen molar-refractivity contribution in [1.29, 1.82) is 0 Å². The molecule has 0 bridgehead atoms. The Bertz CT molecular complexity index is 443. The van der Waals surface area contributed by atoms with Crippen molar-refractivity contribution in [3.63, 3.8) is 0 Å². The Morgan fingerprint density at radius 1 is 1.16 bits per heavy atom. The minimum absolute atomic E-state index is 0.0793. The summed E-state index contributed by atoms with van der Waals surface area (Å²) >= 11 is 5.83. The Morgan fingerprint density at radius 2 is 1.74 bits per heavy atom. The average molecular weight is 283 g/mol. The zero-order chi connectivity index (χ0) is 14.4. The summed E-state index contributed by atoms with van der Waals surface area (Å²) in [6, 6.07) is 6.85. The highest BCUT2D eigenvalue weighted by molar-refractivity contribution is 6.30. The standard InChI is InChI=1S/C14H19ClN2O2/c1-9(2)16-14(19)8-13(17-10(3)18)11-4-6-12(15)7-5-11/h4-7,9,13H,8H2,1-3H3,(H,16,19)(H,17,18). The van der Waals surface area contributed by atoms with E-state index in [1.54, 1.807) is 12.1 Å². The number of benzene rings is 1. The fourth-order valence-electron chi connectivity index (χ4n) is 1.76. The molecule has 2 N–H and O–H groups in total. The van der Waals surface area contributed by atoms with Gasteiger partial charge in [0.25, 0.3) is 0 Å². The van der Waals surface area contributed by atoms with Gasteiger partial charge in [-0.3, -0.25) is 9.59 Å². The van der Waals surface area contributed by atoms with Gasteiger partial charge >= 0.3 is 0 Å². The monoisotopic (exact) mass is 282 g/mol. The Morgan fingerprint density at radius 3 is 2.21 bits per heavy atom. The van der Waals surface area contributed by atoms with Crippen LogP contribution >= 0.6 is 11.6 Å². The van der Waals surface area contributed by atoms with Crippen LogP contribution in [0.15, 0.2) is 24.3 Å². The lowest BCUT2D eigenvalue weighted by Crippen LogP contribution is -2.35. The summed E-state index contributed by atoms with van der Waals surface area (Å²) in [4.78, 5) is 23.0. The number of carbonyl (C=O) groups is 2. The van der Waals surface area contributed by atoms with Crippen molar-refractivity contribution in [2.75, 3.05) is 0 Å². The molecule has 0 aliphatic carbocycles. The van der Waals surface area contributed by atoms with E-state index in [0.717, 1.165) is 5.56 Å². The predicted molar refractivity (Wildman–Crippen MR) is 75.9 cm³/mol. The number of rotatable bonds is 5. The highest BCUT2D eigenvalue weighted by Gasteiger charge is 2.17. The molecule has 19 heavy (non-hydrogen) atoms. The smallest absolute Gasteiger partial charge is 0.222 e. The number of halogens is 1. The van der Waals surface area contributed by atoms with Gasteiger partial charge in [-0.25, -0.2) is 0 Å². The normalized spacial score (nSPS) is 12.1. The molecular weight excluding hydrogens is 264 g/mol. The molecule has 0 saturated carbocycles. The maximum atomic E-state index is 11.8. The Labute approximate surface area is 118 Å². The maximum Gasteiger partial charge on any atom is 0.222 e. The minimum atomic E-state index is -0.339. The summed E-state index contributed by atoms with van der Waals surface area (Å²) in [5, 5.41) is 6.21. The summed E-state index contributed by atoms with van der Waals surface area (Å²) in [6.07, 6.45) is 0.208. The first kappa shape index (κ1) is 15.5. The Hall–Kier alpha value is -1.55. The second-order valence-electron chi connectivity index (χ2n) is 4.73. The van der Waals surface area contributed by atoms with Gasteiger partial charge < -0.3 is 10.6 Å². The van der Waals surface area contributed by atoms with Crippen LogP contribution in [0.4, 0.5) is 0 Å². The highest BCUT2D eigenvalue weighted by Crippen LogP contribution is 2.19. The zero-order valence-electron chi connectivity index (χ0n) is 11.4. The summed E-state index contributed by atoms with van der Waals surface area (Å²) in [5.74, 6) is -0.263. The Kier molecular flexibility index (Phi) is 5.83. The van der Waals surface area contributed by atoms with Crippen LogP contribution in [0.3, 0.4) is 0 Å². The number of carbonyl (C=O) groups excluding carboxylic acids is 2. The number of hydrogen-bond donors (Lipinski definition) is 2. The van der Waals surface area contributed by atoms with Gasteiger partial charge in [0, 0.05) is 18.0 Å². The van der Waals surface area contributed by atoms with E-state index in [1.165, 1.54) is 6.92 Å². The van der Waals surface area contributed by atoms with E-state index in [1.807, 2.05) is 26.0 Å². The van der Waals surface area contributed by atoms with Crippen molar-refractivity contribution in [3.8, 4) is 0 Å². The largest absolute Gasteiger partial charge is 0.354 e. The third-order valence-electron chi connectivity index (χ3n) is 2.49. The van der Waals surface area contributed by atoms with E-state index in [2.05, 4.69) is 10.6 Å². The third-order valence-corrected chi connectivity index (χ3v) is 2.74. The molecule has 0 aliphatic heterocycles. The van der Waals surface area contributed by atoms with Gasteiger partial charge in [-0.05, 0) is 31.5 Å². The van der Waals surface area contributed by atoms with Gasteiger partial charge in [0.05, 0.1) is 12.5 Å². The van der Waals surface area contributed by atoms with Gasteiger partial charge in [-0.1, -0.05) is 23.7 Å². The highest BCUT2D eigenvalue weighted by atomic mass is 35.5. The van der Waals surface area contributed by atoms with Crippen molar-refractivity contribution < 1.29 is 9.59 Å². The maximum absolute atomic E-state index is 11.8. The first-order chi connectivity index (χ1) is 8.88. The fraction of sp³-hybridized carbons (Fsp3) is 0.429. The molecule has 1 atom stereocenters. The van der Waals surface area contributed by atoms with Gasteiger partial charge in [-0.2, -0.15) is 0 Å². The van der Waals surface area contributed by atoms with Crippen LogP contribution in [0.25, 0.3) is 0 Å². The second-order valence-corrected chi connectivity index (χ2v) is 5.17. The lowest BCUT2D eigenvalue weighted by molar-refractivity contribution is -0.123. The van der Waals surface area contributed by atoms with Crippen LogP contribution in [-0.2, 0) is 9.59 Å². The summed E-state index contributed by atoms with van der Waals surface area (Å²) in [7, 11) is 0. The first-order valence-electron chi connectivity index (χ1n) is 6.20. The van der Waals surface area contributed by atoms with Crippen LogP contribution in [0.1, 0.15) is 38.8 Å². The van der Waals surface area contributed by atoms with E-state index in [0.29, 0.717) is 5.02 Å². The average Bonchev–Trinajstić information content (AvgIpc) is 2.27. The van der Waals surface area contributed by atoms with Crippen molar-refractivity contribution in [1.82, 2.24) is 10.6 Å². The van der Waals surface area contributed by atoms with Gasteiger partial charge in [-0.15, -0.1) is 0 Å². The molecule has 1 rings (SSSR count). The molecule has 0 aliphatic rings. The second kappa shape index (κ2) is 7.14. The first-order valence-corrected chi connectivity index (χ1v) is 6.58. The van der Waals surface area contributed by atoms with E-state index in [-0.39, 0.29) is 30.3 Å².